The van der Waals surface area contributed by atoms with Gasteiger partial charge in [0.05, 0.1) is 4.92 Å². The van der Waals surface area contributed by atoms with E-state index in [1.807, 2.05) is 0 Å². The first-order valence-electron chi connectivity index (χ1n) is 5.21. The fraction of sp³-hybridized carbons (Fsp3) is 0. The van der Waals surface area contributed by atoms with Crippen molar-refractivity contribution in [2.75, 3.05) is 0 Å². The van der Waals surface area contributed by atoms with Gasteiger partial charge >= 0.3 is 0 Å². The minimum Gasteiger partial charge on any atom is -0.282 e. The molecule has 0 aromatic heterocycles. The highest BCUT2D eigenvalue weighted by atomic mass is 32.2. The largest absolute Gasteiger partial charge is 0.295 e. The monoisotopic (exact) mass is 279 g/mol. The molecule has 6 nitrogen and oxygen atoms in total. The number of nitro groups is 1. The molecule has 0 heterocycles. The fourth-order valence-electron chi connectivity index (χ4n) is 1.69. The highest BCUT2D eigenvalue weighted by Crippen LogP contribution is 2.30. The third kappa shape index (κ3) is 2.78. The van der Waals surface area contributed by atoms with Crippen molar-refractivity contribution >= 4 is 15.8 Å². The summed E-state index contributed by atoms with van der Waals surface area (Å²) in [4.78, 5) is 9.46. The fourth-order valence-corrected chi connectivity index (χ4v) is 2.43. The summed E-state index contributed by atoms with van der Waals surface area (Å²) < 4.78 is 31.9. The molecule has 2 rings (SSSR count). The Hall–Kier alpha value is -2.25. The van der Waals surface area contributed by atoms with Gasteiger partial charge in [-0.2, -0.15) is 8.42 Å². The van der Waals surface area contributed by atoms with Gasteiger partial charge in [-0.1, -0.05) is 30.3 Å². The number of nitro benzene ring substituents is 1. The van der Waals surface area contributed by atoms with E-state index in [2.05, 4.69) is 0 Å². The predicted octanol–water partition coefficient (Wildman–Crippen LogP) is 2.51. The summed E-state index contributed by atoms with van der Waals surface area (Å²) >= 11 is 0. The quantitative estimate of drug-likeness (QED) is 0.529. The van der Waals surface area contributed by atoms with Gasteiger partial charge in [0.1, 0.15) is 4.90 Å². The SMILES string of the molecule is O=[N+]([O-])c1ccc(-c2ccccc2)c(S(=O)(=O)O)c1. The van der Waals surface area contributed by atoms with Gasteiger partial charge in [0, 0.05) is 17.7 Å². The summed E-state index contributed by atoms with van der Waals surface area (Å²) in [5, 5.41) is 10.7. The maximum Gasteiger partial charge on any atom is 0.295 e. The average molecular weight is 279 g/mol. The maximum atomic E-state index is 11.3. The van der Waals surface area contributed by atoms with Crippen LogP contribution in [0.5, 0.6) is 0 Å². The molecule has 7 heteroatoms. The lowest BCUT2D eigenvalue weighted by Gasteiger charge is -2.07. The molecule has 1 N–H and O–H groups in total. The molecule has 0 aliphatic heterocycles. The summed E-state index contributed by atoms with van der Waals surface area (Å²) in [5.74, 6) is 0. The van der Waals surface area contributed by atoms with E-state index in [4.69, 9.17) is 0 Å². The van der Waals surface area contributed by atoms with Crippen LogP contribution in [0.25, 0.3) is 11.1 Å². The second-order valence-electron chi connectivity index (χ2n) is 3.78. The first kappa shape index (κ1) is 13.2. The van der Waals surface area contributed by atoms with Crippen LogP contribution >= 0.6 is 0 Å². The van der Waals surface area contributed by atoms with Crippen molar-refractivity contribution in [1.29, 1.82) is 0 Å². The second kappa shape index (κ2) is 4.79. The highest BCUT2D eigenvalue weighted by molar-refractivity contribution is 7.86. The van der Waals surface area contributed by atoms with Crippen LogP contribution in [0.1, 0.15) is 0 Å². The van der Waals surface area contributed by atoms with Crippen LogP contribution < -0.4 is 0 Å². The molecule has 0 spiro atoms. The summed E-state index contributed by atoms with van der Waals surface area (Å²) in [5.41, 5.74) is 0.367. The Kier molecular flexibility index (Phi) is 3.32. The summed E-state index contributed by atoms with van der Waals surface area (Å²) in [6.45, 7) is 0. The predicted molar refractivity (Wildman–Crippen MR) is 68.3 cm³/mol. The lowest BCUT2D eigenvalue weighted by Crippen LogP contribution is -2.02. The summed E-state index contributed by atoms with van der Waals surface area (Å²) in [7, 11) is -4.54. The van der Waals surface area contributed by atoms with Crippen molar-refractivity contribution in [3.8, 4) is 11.1 Å². The van der Waals surface area contributed by atoms with Crippen molar-refractivity contribution in [1.82, 2.24) is 0 Å². The van der Waals surface area contributed by atoms with E-state index in [0.29, 0.717) is 5.56 Å². The molecular weight excluding hydrogens is 270 g/mol. The van der Waals surface area contributed by atoms with E-state index in [0.717, 1.165) is 6.07 Å². The van der Waals surface area contributed by atoms with Crippen LogP contribution in [0.4, 0.5) is 5.69 Å². The molecule has 0 bridgehead atoms. The molecule has 2 aromatic carbocycles. The number of nitrogens with zero attached hydrogens (tertiary/aromatic N) is 1. The molecule has 0 aliphatic carbocycles. The summed E-state index contributed by atoms with van der Waals surface area (Å²) in [6.07, 6.45) is 0. The van der Waals surface area contributed by atoms with Gasteiger partial charge in [0.15, 0.2) is 0 Å². The average Bonchev–Trinajstić information content (AvgIpc) is 2.38. The number of benzene rings is 2. The van der Waals surface area contributed by atoms with Crippen LogP contribution in [0.2, 0.25) is 0 Å². The molecule has 0 aliphatic rings. The van der Waals surface area contributed by atoms with Crippen molar-refractivity contribution in [2.24, 2.45) is 0 Å². The van der Waals surface area contributed by atoms with Gasteiger partial charge in [0.25, 0.3) is 15.8 Å². The highest BCUT2D eigenvalue weighted by Gasteiger charge is 2.20. The van der Waals surface area contributed by atoms with Crippen molar-refractivity contribution in [2.45, 2.75) is 4.90 Å². The molecular formula is C12H9NO5S. The van der Waals surface area contributed by atoms with Gasteiger partial charge in [0.2, 0.25) is 0 Å². The number of non-ortho nitro benzene ring substituents is 1. The van der Waals surface area contributed by atoms with Crippen molar-refractivity contribution < 1.29 is 17.9 Å². The Balaban J connectivity index is 2.72. The minimum atomic E-state index is -4.54. The van der Waals surface area contributed by atoms with E-state index in [-0.39, 0.29) is 5.56 Å². The second-order valence-corrected chi connectivity index (χ2v) is 5.17. The van der Waals surface area contributed by atoms with Crippen molar-refractivity contribution in [3.05, 3.63) is 58.6 Å². The molecule has 0 amide bonds. The number of rotatable bonds is 3. The first-order valence-corrected chi connectivity index (χ1v) is 6.65. The van der Waals surface area contributed by atoms with E-state index < -0.39 is 25.6 Å². The molecule has 0 saturated carbocycles. The minimum absolute atomic E-state index is 0.216. The zero-order chi connectivity index (χ0) is 14.0. The van der Waals surface area contributed by atoms with Gasteiger partial charge < -0.3 is 0 Å². The molecule has 19 heavy (non-hydrogen) atoms. The third-order valence-corrected chi connectivity index (χ3v) is 3.43. The van der Waals surface area contributed by atoms with E-state index >= 15 is 0 Å². The maximum absolute atomic E-state index is 11.3. The van der Waals surface area contributed by atoms with Gasteiger partial charge in [-0.15, -0.1) is 0 Å². The van der Waals surface area contributed by atoms with Gasteiger partial charge in [-0.25, -0.2) is 0 Å². The number of hydrogen-bond acceptors (Lipinski definition) is 4. The van der Waals surface area contributed by atoms with E-state index in [9.17, 15) is 23.1 Å². The molecule has 0 unspecified atom stereocenters. The molecule has 0 atom stereocenters. The molecule has 98 valence electrons. The van der Waals surface area contributed by atoms with Crippen LogP contribution in [-0.4, -0.2) is 17.9 Å². The Labute approximate surface area is 109 Å². The Morgan fingerprint density at radius 3 is 2.21 bits per heavy atom. The van der Waals surface area contributed by atoms with Gasteiger partial charge in [-0.3, -0.25) is 14.7 Å². The Bertz CT molecular complexity index is 725. The lowest BCUT2D eigenvalue weighted by molar-refractivity contribution is -0.385. The molecule has 0 radical (unpaired) electrons. The Morgan fingerprint density at radius 1 is 1.05 bits per heavy atom. The number of hydrogen-bond donors (Lipinski definition) is 1. The Morgan fingerprint density at radius 2 is 1.68 bits per heavy atom. The molecule has 0 saturated heterocycles. The topological polar surface area (TPSA) is 97.5 Å². The zero-order valence-electron chi connectivity index (χ0n) is 9.55. The third-order valence-electron chi connectivity index (χ3n) is 2.54. The smallest absolute Gasteiger partial charge is 0.282 e. The lowest BCUT2D eigenvalue weighted by atomic mass is 10.1. The first-order chi connectivity index (χ1) is 8.89. The van der Waals surface area contributed by atoms with Crippen molar-refractivity contribution in [3.63, 3.8) is 0 Å². The standard InChI is InChI=1S/C12H9NO5S/c14-13(15)10-6-7-11(9-4-2-1-3-5-9)12(8-10)19(16,17)18/h1-8H,(H,16,17,18). The van der Waals surface area contributed by atoms with Gasteiger partial charge in [-0.05, 0) is 11.6 Å². The normalized spacial score (nSPS) is 11.2. The van der Waals surface area contributed by atoms with E-state index in [1.54, 1.807) is 30.3 Å². The van der Waals surface area contributed by atoms with Crippen LogP contribution in [0, 0.1) is 10.1 Å². The molecule has 0 fully saturated rings. The zero-order valence-corrected chi connectivity index (χ0v) is 10.4. The van der Waals surface area contributed by atoms with Crippen LogP contribution in [-0.2, 0) is 10.1 Å². The van der Waals surface area contributed by atoms with E-state index in [1.165, 1.54) is 12.1 Å². The molecule has 2 aromatic rings. The summed E-state index contributed by atoms with van der Waals surface area (Å²) in [6, 6.07) is 11.8. The van der Waals surface area contributed by atoms with Crippen LogP contribution in [0.15, 0.2) is 53.4 Å². The van der Waals surface area contributed by atoms with Crippen LogP contribution in [0.3, 0.4) is 0 Å².